The zero-order valence-electron chi connectivity index (χ0n) is 27.6. The highest BCUT2D eigenvalue weighted by molar-refractivity contribution is 6.29. The smallest absolute Gasteiger partial charge is 0.160 e. The Hall–Kier alpha value is -6.56. The molecule has 11 rings (SSSR count). The van der Waals surface area contributed by atoms with Gasteiger partial charge in [0, 0.05) is 38.3 Å². The van der Waals surface area contributed by atoms with Gasteiger partial charge in [-0.25, -0.2) is 0 Å². The quantitative estimate of drug-likeness (QED) is 0.198. The van der Waals surface area contributed by atoms with Crippen LogP contribution in [0.2, 0.25) is 0 Å². The Kier molecular flexibility index (Phi) is 6.09. The van der Waals surface area contributed by atoms with E-state index in [4.69, 9.17) is 4.42 Å². The van der Waals surface area contributed by atoms with Crippen LogP contribution in [0.4, 0.5) is 0 Å². The Labute approximate surface area is 293 Å². The molecule has 0 amide bonds. The summed E-state index contributed by atoms with van der Waals surface area (Å²) in [5.41, 5.74) is 10.9. The Bertz CT molecular complexity index is 2970. The van der Waals surface area contributed by atoms with Crippen molar-refractivity contribution in [2.75, 3.05) is 0 Å². The first-order chi connectivity index (χ1) is 25.3. The third kappa shape index (κ3) is 4.19. The lowest BCUT2D eigenvalue weighted by Gasteiger charge is -2.34. The number of hydrogen-bond donors (Lipinski definition) is 2. The molecule has 242 valence electrons. The number of para-hydroxylation sites is 3. The standard InChI is InChI=1S/C46H32N4O/c1-4-14-29(15-5-1)37-28-38(30-16-6-2-7-17-30)48-46(47-37)50-40-27-26-35-33-21-11-13-23-41(33)51-45(35)42(40)36-25-24-34-32-20-10-12-22-39(32)49(43(34)44(36)50)31-18-8-3-9-19-31/h1-28,37,46-48H. The van der Waals surface area contributed by atoms with Crippen molar-refractivity contribution in [2.45, 2.75) is 12.3 Å². The van der Waals surface area contributed by atoms with E-state index in [1.54, 1.807) is 0 Å². The van der Waals surface area contributed by atoms with Crippen molar-refractivity contribution in [1.82, 2.24) is 19.8 Å². The van der Waals surface area contributed by atoms with E-state index >= 15 is 0 Å². The van der Waals surface area contributed by atoms with E-state index in [0.29, 0.717) is 0 Å². The lowest BCUT2D eigenvalue weighted by atomic mass is 10.0. The predicted molar refractivity (Wildman–Crippen MR) is 210 cm³/mol. The molecule has 2 unspecified atom stereocenters. The summed E-state index contributed by atoms with van der Waals surface area (Å²) in [5, 5.41) is 14.9. The Morgan fingerprint density at radius 1 is 0.510 bits per heavy atom. The van der Waals surface area contributed by atoms with Crippen LogP contribution in [0.25, 0.3) is 76.9 Å². The van der Waals surface area contributed by atoms with Gasteiger partial charge in [0.25, 0.3) is 0 Å². The molecule has 51 heavy (non-hydrogen) atoms. The SMILES string of the molecule is C1=C(c2ccccc2)NC(n2c3ccc4c5ccccc5oc4c3c3ccc4c5ccccc5n(-c5ccccc5)c4c32)NC1c1ccccc1. The first-order valence-corrected chi connectivity index (χ1v) is 17.5. The molecule has 4 heterocycles. The largest absolute Gasteiger partial charge is 0.455 e. The molecule has 2 atom stereocenters. The molecule has 0 saturated heterocycles. The minimum atomic E-state index is -0.301. The highest BCUT2D eigenvalue weighted by Crippen LogP contribution is 2.45. The van der Waals surface area contributed by atoms with Gasteiger partial charge in [-0.15, -0.1) is 0 Å². The summed E-state index contributed by atoms with van der Waals surface area (Å²) < 4.78 is 11.7. The molecule has 10 aromatic rings. The molecule has 0 saturated carbocycles. The second-order valence-electron chi connectivity index (χ2n) is 13.4. The van der Waals surface area contributed by atoms with E-state index in [0.717, 1.165) is 66.2 Å². The van der Waals surface area contributed by atoms with Gasteiger partial charge < -0.3 is 18.9 Å². The molecule has 0 aliphatic carbocycles. The maximum Gasteiger partial charge on any atom is 0.160 e. The van der Waals surface area contributed by atoms with Gasteiger partial charge in [-0.2, -0.15) is 0 Å². The van der Waals surface area contributed by atoms with Gasteiger partial charge in [0.1, 0.15) is 11.2 Å². The topological polar surface area (TPSA) is 47.1 Å². The minimum Gasteiger partial charge on any atom is -0.455 e. The molecule has 0 bridgehead atoms. The molecule has 0 radical (unpaired) electrons. The Morgan fingerprint density at radius 2 is 1.18 bits per heavy atom. The Balaban J connectivity index is 1.29. The fourth-order valence-corrected chi connectivity index (χ4v) is 8.37. The lowest BCUT2D eigenvalue weighted by Crippen LogP contribution is -2.43. The van der Waals surface area contributed by atoms with Gasteiger partial charge in [-0.05, 0) is 53.6 Å². The van der Waals surface area contributed by atoms with E-state index < -0.39 is 0 Å². The van der Waals surface area contributed by atoms with Crippen molar-refractivity contribution in [3.63, 3.8) is 0 Å². The van der Waals surface area contributed by atoms with Gasteiger partial charge in [0.15, 0.2) is 6.29 Å². The average Bonchev–Trinajstić information content (AvgIpc) is 3.86. The van der Waals surface area contributed by atoms with Crippen LogP contribution < -0.4 is 10.6 Å². The molecule has 2 N–H and O–H groups in total. The number of rotatable bonds is 4. The number of hydrogen-bond acceptors (Lipinski definition) is 3. The molecule has 5 nitrogen and oxygen atoms in total. The average molecular weight is 657 g/mol. The second-order valence-corrected chi connectivity index (χ2v) is 13.4. The summed E-state index contributed by atoms with van der Waals surface area (Å²) in [6, 6.07) is 58.3. The third-order valence-corrected chi connectivity index (χ3v) is 10.6. The number of furan rings is 1. The van der Waals surface area contributed by atoms with Crippen molar-refractivity contribution in [2.24, 2.45) is 0 Å². The summed E-state index contributed by atoms with van der Waals surface area (Å²) in [5.74, 6) is 0. The summed E-state index contributed by atoms with van der Waals surface area (Å²) in [4.78, 5) is 0. The number of fused-ring (bicyclic) bond motifs is 11. The first-order valence-electron chi connectivity index (χ1n) is 17.5. The molecule has 0 spiro atoms. The van der Waals surface area contributed by atoms with E-state index in [2.05, 4.69) is 184 Å². The van der Waals surface area contributed by atoms with Crippen molar-refractivity contribution in [3.05, 3.63) is 181 Å². The normalized spacial score (nSPS) is 16.4. The van der Waals surface area contributed by atoms with E-state index in [1.165, 1.54) is 21.9 Å². The van der Waals surface area contributed by atoms with Crippen LogP contribution >= 0.6 is 0 Å². The molecule has 3 aromatic heterocycles. The summed E-state index contributed by atoms with van der Waals surface area (Å²) in [7, 11) is 0. The van der Waals surface area contributed by atoms with Gasteiger partial charge in [0.05, 0.1) is 33.5 Å². The number of aromatic nitrogens is 2. The Morgan fingerprint density at radius 3 is 2.00 bits per heavy atom. The van der Waals surface area contributed by atoms with Crippen LogP contribution in [0.1, 0.15) is 23.5 Å². The minimum absolute atomic E-state index is 0.0331. The zero-order valence-corrected chi connectivity index (χ0v) is 27.6. The van der Waals surface area contributed by atoms with Crippen LogP contribution in [-0.2, 0) is 0 Å². The molecule has 1 aliphatic rings. The lowest BCUT2D eigenvalue weighted by molar-refractivity contribution is 0.351. The zero-order chi connectivity index (χ0) is 33.5. The highest BCUT2D eigenvalue weighted by Gasteiger charge is 2.30. The summed E-state index contributed by atoms with van der Waals surface area (Å²) in [6.07, 6.45) is 2.01. The summed E-state index contributed by atoms with van der Waals surface area (Å²) in [6.45, 7) is 0. The van der Waals surface area contributed by atoms with Gasteiger partial charge in [0.2, 0.25) is 0 Å². The van der Waals surface area contributed by atoms with E-state index in [1.807, 2.05) is 6.07 Å². The van der Waals surface area contributed by atoms with Gasteiger partial charge in [-0.3, -0.25) is 5.32 Å². The van der Waals surface area contributed by atoms with Crippen LogP contribution in [0, 0.1) is 0 Å². The van der Waals surface area contributed by atoms with Gasteiger partial charge >= 0.3 is 0 Å². The molecule has 7 aromatic carbocycles. The van der Waals surface area contributed by atoms with Gasteiger partial charge in [-0.1, -0.05) is 127 Å². The van der Waals surface area contributed by atoms with Crippen molar-refractivity contribution in [1.29, 1.82) is 0 Å². The second kappa shape index (κ2) is 11.0. The van der Waals surface area contributed by atoms with Crippen LogP contribution in [0.5, 0.6) is 0 Å². The number of benzene rings is 7. The van der Waals surface area contributed by atoms with Crippen molar-refractivity contribution in [3.8, 4) is 5.69 Å². The molecule has 1 aliphatic heterocycles. The van der Waals surface area contributed by atoms with Crippen LogP contribution in [-0.4, -0.2) is 9.13 Å². The third-order valence-electron chi connectivity index (χ3n) is 10.6. The van der Waals surface area contributed by atoms with Crippen LogP contribution in [0.3, 0.4) is 0 Å². The van der Waals surface area contributed by atoms with E-state index in [-0.39, 0.29) is 12.3 Å². The van der Waals surface area contributed by atoms with Crippen molar-refractivity contribution >= 4 is 71.2 Å². The van der Waals surface area contributed by atoms with E-state index in [9.17, 15) is 0 Å². The van der Waals surface area contributed by atoms with Crippen molar-refractivity contribution < 1.29 is 4.42 Å². The molecular formula is C46H32N4O. The fraction of sp³-hybridized carbons (Fsp3) is 0.0435. The molecule has 5 heteroatoms. The maximum absolute atomic E-state index is 6.77. The monoisotopic (exact) mass is 656 g/mol. The van der Waals surface area contributed by atoms with Crippen LogP contribution in [0.15, 0.2) is 174 Å². The predicted octanol–water partition coefficient (Wildman–Crippen LogP) is 11.2. The number of nitrogens with zero attached hydrogens (tertiary/aromatic N) is 2. The highest BCUT2D eigenvalue weighted by atomic mass is 16.3. The number of nitrogens with one attached hydrogen (secondary N) is 2. The fourth-order valence-electron chi connectivity index (χ4n) is 8.37. The first kappa shape index (κ1) is 28.3. The maximum atomic E-state index is 6.77. The summed E-state index contributed by atoms with van der Waals surface area (Å²) >= 11 is 0. The molecule has 0 fully saturated rings. The molecular weight excluding hydrogens is 625 g/mol.